The summed E-state index contributed by atoms with van der Waals surface area (Å²) in [6.45, 7) is 11.1. The highest BCUT2D eigenvalue weighted by Crippen LogP contribution is 2.22. The number of aryl methyl sites for hydroxylation is 1. The molecule has 4 nitrogen and oxygen atoms in total. The quantitative estimate of drug-likeness (QED) is 0.869. The van der Waals surface area contributed by atoms with Crippen LogP contribution >= 0.6 is 0 Å². The van der Waals surface area contributed by atoms with E-state index in [1.165, 1.54) is 5.56 Å². The molecule has 2 atom stereocenters. The van der Waals surface area contributed by atoms with Gasteiger partial charge in [-0.1, -0.05) is 13.8 Å². The average molecular weight is 280 g/mol. The average Bonchev–Trinajstić information content (AvgIpc) is 2.93. The van der Waals surface area contributed by atoms with Crippen molar-refractivity contribution in [2.75, 3.05) is 13.7 Å². The largest absolute Gasteiger partial charge is 0.463 e. The van der Waals surface area contributed by atoms with E-state index in [-0.39, 0.29) is 0 Å². The van der Waals surface area contributed by atoms with Crippen molar-refractivity contribution in [1.82, 2.24) is 10.2 Å². The lowest BCUT2D eigenvalue weighted by Gasteiger charge is -2.25. The number of hydrogen-bond acceptors (Lipinski definition) is 4. The van der Waals surface area contributed by atoms with E-state index in [0.29, 0.717) is 18.2 Å². The zero-order valence-electron chi connectivity index (χ0n) is 13.4. The first-order valence-electron chi connectivity index (χ1n) is 7.60. The van der Waals surface area contributed by atoms with Crippen molar-refractivity contribution in [3.8, 4) is 0 Å². The Balaban J connectivity index is 1.94. The van der Waals surface area contributed by atoms with Crippen LogP contribution in [0.5, 0.6) is 0 Å². The van der Waals surface area contributed by atoms with E-state index in [4.69, 9.17) is 9.15 Å². The molecule has 1 saturated heterocycles. The van der Waals surface area contributed by atoms with Gasteiger partial charge < -0.3 is 14.5 Å². The Labute approximate surface area is 122 Å². The monoisotopic (exact) mass is 280 g/mol. The van der Waals surface area contributed by atoms with Gasteiger partial charge in [0.15, 0.2) is 0 Å². The highest BCUT2D eigenvalue weighted by molar-refractivity contribution is 5.20. The fourth-order valence-electron chi connectivity index (χ4n) is 2.80. The van der Waals surface area contributed by atoms with Crippen LogP contribution in [0.15, 0.2) is 10.5 Å². The maximum Gasteiger partial charge on any atom is 0.120 e. The van der Waals surface area contributed by atoms with Gasteiger partial charge in [0.25, 0.3) is 0 Å². The molecule has 2 unspecified atom stereocenters. The molecular formula is C16H28N2O2. The van der Waals surface area contributed by atoms with Gasteiger partial charge >= 0.3 is 0 Å². The lowest BCUT2D eigenvalue weighted by atomic mass is 10.1. The Bertz CT molecular complexity index is 428. The minimum absolute atomic E-state index is 0.318. The molecule has 4 heteroatoms. The molecule has 114 valence electrons. The summed E-state index contributed by atoms with van der Waals surface area (Å²) in [7, 11) is 2.15. The molecule has 2 heterocycles. The summed E-state index contributed by atoms with van der Waals surface area (Å²) in [4.78, 5) is 2.34. The number of nitrogens with zero attached hydrogens (tertiary/aromatic N) is 1. The zero-order chi connectivity index (χ0) is 14.7. The van der Waals surface area contributed by atoms with E-state index in [1.54, 1.807) is 0 Å². The molecule has 0 radical (unpaired) electrons. The van der Waals surface area contributed by atoms with Gasteiger partial charge in [0, 0.05) is 18.7 Å². The van der Waals surface area contributed by atoms with Gasteiger partial charge in [-0.25, -0.2) is 0 Å². The van der Waals surface area contributed by atoms with Crippen LogP contribution in [0.1, 0.15) is 44.3 Å². The predicted molar refractivity (Wildman–Crippen MR) is 80.7 cm³/mol. The van der Waals surface area contributed by atoms with E-state index in [9.17, 15) is 0 Å². The van der Waals surface area contributed by atoms with Crippen molar-refractivity contribution in [2.24, 2.45) is 0 Å². The molecule has 1 aliphatic rings. The number of hydrogen-bond donors (Lipinski definition) is 1. The highest BCUT2D eigenvalue weighted by atomic mass is 16.5. The Morgan fingerprint density at radius 1 is 1.45 bits per heavy atom. The lowest BCUT2D eigenvalue weighted by Crippen LogP contribution is -2.36. The highest BCUT2D eigenvalue weighted by Gasteiger charge is 2.28. The molecule has 0 spiro atoms. The van der Waals surface area contributed by atoms with Crippen LogP contribution in [0.25, 0.3) is 0 Å². The van der Waals surface area contributed by atoms with Crippen molar-refractivity contribution in [3.05, 3.63) is 23.2 Å². The number of furan rings is 1. The maximum atomic E-state index is 5.99. The molecule has 0 bridgehead atoms. The molecule has 1 fully saturated rings. The second kappa shape index (κ2) is 6.74. The molecular weight excluding hydrogens is 252 g/mol. The van der Waals surface area contributed by atoms with E-state index >= 15 is 0 Å². The Morgan fingerprint density at radius 3 is 2.80 bits per heavy atom. The first-order valence-corrected chi connectivity index (χ1v) is 7.60. The lowest BCUT2D eigenvalue weighted by molar-refractivity contribution is 0.0790. The smallest absolute Gasteiger partial charge is 0.120 e. The summed E-state index contributed by atoms with van der Waals surface area (Å²) in [6, 6.07) is 3.13. The normalized spacial score (nSPS) is 23.1. The standard InChI is InChI=1S/C16H28N2O2/c1-11(2)17-9-16-12(3)8-14(20-16)10-18(5)15-6-7-19-13(15)4/h8,11,13,15,17H,6-7,9-10H2,1-5H3. The number of rotatable bonds is 6. The SMILES string of the molecule is Cc1cc(CN(C)C2CCOC2C)oc1CNC(C)C. The van der Waals surface area contributed by atoms with Crippen LogP contribution in [0.2, 0.25) is 0 Å². The van der Waals surface area contributed by atoms with Gasteiger partial charge in [0.2, 0.25) is 0 Å². The topological polar surface area (TPSA) is 37.6 Å². The Hall–Kier alpha value is -0.840. The molecule has 1 aromatic heterocycles. The third-order valence-corrected chi connectivity index (χ3v) is 4.05. The fourth-order valence-corrected chi connectivity index (χ4v) is 2.80. The summed E-state index contributed by atoms with van der Waals surface area (Å²) in [5.41, 5.74) is 1.23. The van der Waals surface area contributed by atoms with Crippen LogP contribution in [0, 0.1) is 6.92 Å². The van der Waals surface area contributed by atoms with Crippen molar-refractivity contribution < 1.29 is 9.15 Å². The van der Waals surface area contributed by atoms with Gasteiger partial charge in [0.1, 0.15) is 11.5 Å². The van der Waals surface area contributed by atoms with Gasteiger partial charge in [-0.3, -0.25) is 4.90 Å². The third kappa shape index (κ3) is 3.84. The summed E-state index contributed by atoms with van der Waals surface area (Å²) in [6.07, 6.45) is 1.43. The third-order valence-electron chi connectivity index (χ3n) is 4.05. The molecule has 0 amide bonds. The summed E-state index contributed by atoms with van der Waals surface area (Å²) < 4.78 is 11.6. The first-order chi connectivity index (χ1) is 9.47. The molecule has 0 aromatic carbocycles. The molecule has 1 aromatic rings. The zero-order valence-corrected chi connectivity index (χ0v) is 13.4. The van der Waals surface area contributed by atoms with Crippen molar-refractivity contribution in [2.45, 2.75) is 65.4 Å². The van der Waals surface area contributed by atoms with Gasteiger partial charge in [0.05, 0.1) is 19.2 Å². The van der Waals surface area contributed by atoms with Crippen molar-refractivity contribution >= 4 is 0 Å². The minimum Gasteiger partial charge on any atom is -0.463 e. The summed E-state index contributed by atoms with van der Waals surface area (Å²) in [5.74, 6) is 2.10. The van der Waals surface area contributed by atoms with Crippen LogP contribution in [0.3, 0.4) is 0 Å². The number of nitrogens with one attached hydrogen (secondary N) is 1. The molecule has 1 aliphatic heterocycles. The molecule has 20 heavy (non-hydrogen) atoms. The number of ether oxygens (including phenoxy) is 1. The second-order valence-electron chi connectivity index (χ2n) is 6.20. The summed E-state index contributed by atoms with van der Waals surface area (Å²) in [5, 5.41) is 3.40. The van der Waals surface area contributed by atoms with E-state index in [1.807, 2.05) is 0 Å². The van der Waals surface area contributed by atoms with Crippen LogP contribution in [0.4, 0.5) is 0 Å². The van der Waals surface area contributed by atoms with Crippen molar-refractivity contribution in [3.63, 3.8) is 0 Å². The predicted octanol–water partition coefficient (Wildman–Crippen LogP) is 2.70. The van der Waals surface area contributed by atoms with E-state index in [2.05, 4.69) is 51.0 Å². The van der Waals surface area contributed by atoms with Crippen LogP contribution < -0.4 is 5.32 Å². The summed E-state index contributed by atoms with van der Waals surface area (Å²) >= 11 is 0. The molecule has 0 aliphatic carbocycles. The van der Waals surface area contributed by atoms with Gasteiger partial charge in [-0.05, 0) is 38.9 Å². The minimum atomic E-state index is 0.318. The molecule has 0 saturated carbocycles. The van der Waals surface area contributed by atoms with E-state index in [0.717, 1.165) is 37.6 Å². The van der Waals surface area contributed by atoms with Crippen LogP contribution in [-0.4, -0.2) is 36.7 Å². The molecule has 2 rings (SSSR count). The molecule has 1 N–H and O–H groups in total. The van der Waals surface area contributed by atoms with E-state index < -0.39 is 0 Å². The first kappa shape index (κ1) is 15.5. The number of likely N-dealkylation sites (N-methyl/N-ethyl adjacent to an activating group) is 1. The van der Waals surface area contributed by atoms with Gasteiger partial charge in [-0.2, -0.15) is 0 Å². The van der Waals surface area contributed by atoms with Crippen molar-refractivity contribution in [1.29, 1.82) is 0 Å². The Kier molecular flexibility index (Phi) is 5.24. The maximum absolute atomic E-state index is 5.99. The second-order valence-corrected chi connectivity index (χ2v) is 6.20. The Morgan fingerprint density at radius 2 is 2.20 bits per heavy atom. The fraction of sp³-hybridized carbons (Fsp3) is 0.750. The van der Waals surface area contributed by atoms with Gasteiger partial charge in [-0.15, -0.1) is 0 Å². The van der Waals surface area contributed by atoms with Crippen LogP contribution in [-0.2, 0) is 17.8 Å².